The number of hydrogen-bond donors (Lipinski definition) is 1. The first-order chi connectivity index (χ1) is 6.72. The molecule has 0 saturated heterocycles. The van der Waals surface area contributed by atoms with Crippen molar-refractivity contribution in [2.45, 2.75) is 12.5 Å². The van der Waals surface area contributed by atoms with Gasteiger partial charge in [0.25, 0.3) is 3.91 Å². The SMILES string of the molecule is O=CC(Cc1ccccc1)NC(=O)I. The standard InChI is InChI=1S/C10H10INO2/c11-10(14)12-9(7-13)6-8-4-2-1-3-5-8/h1-5,7,9H,6H2,(H,12,14). The fraction of sp³-hybridized carbons (Fsp3) is 0.200. The van der Waals surface area contributed by atoms with E-state index in [9.17, 15) is 9.59 Å². The summed E-state index contributed by atoms with van der Waals surface area (Å²) in [6, 6.07) is 9.15. The molecule has 0 heterocycles. The zero-order valence-electron chi connectivity index (χ0n) is 7.44. The summed E-state index contributed by atoms with van der Waals surface area (Å²) in [5.41, 5.74) is 1.04. The number of rotatable bonds is 4. The van der Waals surface area contributed by atoms with Gasteiger partial charge in [-0.05, 0) is 12.0 Å². The molecular weight excluding hydrogens is 293 g/mol. The molecule has 1 N–H and O–H groups in total. The van der Waals surface area contributed by atoms with Crippen LogP contribution in [0.25, 0.3) is 0 Å². The van der Waals surface area contributed by atoms with Gasteiger partial charge in [-0.15, -0.1) is 0 Å². The lowest BCUT2D eigenvalue weighted by atomic mass is 10.1. The van der Waals surface area contributed by atoms with E-state index in [2.05, 4.69) is 5.32 Å². The Balaban J connectivity index is 2.57. The monoisotopic (exact) mass is 303 g/mol. The van der Waals surface area contributed by atoms with Gasteiger partial charge in [-0.2, -0.15) is 0 Å². The van der Waals surface area contributed by atoms with Crippen molar-refractivity contribution in [1.29, 1.82) is 0 Å². The summed E-state index contributed by atoms with van der Waals surface area (Å²) in [5.74, 6) is 0. The first-order valence-electron chi connectivity index (χ1n) is 4.17. The molecule has 0 saturated carbocycles. The molecule has 1 atom stereocenters. The highest BCUT2D eigenvalue weighted by atomic mass is 127. The van der Waals surface area contributed by atoms with Gasteiger partial charge in [0.15, 0.2) is 0 Å². The topological polar surface area (TPSA) is 46.2 Å². The van der Waals surface area contributed by atoms with Crippen molar-refractivity contribution in [1.82, 2.24) is 5.32 Å². The van der Waals surface area contributed by atoms with Crippen molar-refractivity contribution in [2.75, 3.05) is 0 Å². The second-order valence-electron chi connectivity index (χ2n) is 2.85. The lowest BCUT2D eigenvalue weighted by Crippen LogP contribution is -2.33. The lowest BCUT2D eigenvalue weighted by Gasteiger charge is -2.09. The average Bonchev–Trinajstić information content (AvgIpc) is 2.17. The molecular formula is C10H10INO2. The number of halogens is 1. The molecule has 0 aliphatic heterocycles. The molecule has 4 heteroatoms. The smallest absolute Gasteiger partial charge is 0.281 e. The van der Waals surface area contributed by atoms with E-state index in [0.717, 1.165) is 11.8 Å². The third-order valence-electron chi connectivity index (χ3n) is 1.76. The third kappa shape index (κ3) is 3.87. The molecule has 1 aromatic carbocycles. The van der Waals surface area contributed by atoms with Crippen LogP contribution in [-0.4, -0.2) is 16.2 Å². The Kier molecular flexibility index (Phi) is 4.58. The molecule has 0 bridgehead atoms. The molecule has 0 fully saturated rings. The van der Waals surface area contributed by atoms with Crippen molar-refractivity contribution in [3.63, 3.8) is 0 Å². The summed E-state index contributed by atoms with van der Waals surface area (Å²) < 4.78 is -0.212. The van der Waals surface area contributed by atoms with Crippen molar-refractivity contribution in [3.8, 4) is 0 Å². The number of aldehydes is 1. The zero-order valence-corrected chi connectivity index (χ0v) is 9.60. The maximum absolute atomic E-state index is 10.7. The first-order valence-corrected chi connectivity index (χ1v) is 5.25. The van der Waals surface area contributed by atoms with Crippen molar-refractivity contribution in [2.24, 2.45) is 0 Å². The number of amides is 1. The van der Waals surface area contributed by atoms with Crippen LogP contribution in [0.5, 0.6) is 0 Å². The Morgan fingerprint density at radius 2 is 2.07 bits per heavy atom. The Bertz CT molecular complexity index is 313. The highest BCUT2D eigenvalue weighted by molar-refractivity contribution is 14.1. The minimum atomic E-state index is -0.429. The van der Waals surface area contributed by atoms with Gasteiger partial charge in [0.2, 0.25) is 0 Å². The van der Waals surface area contributed by atoms with E-state index >= 15 is 0 Å². The highest BCUT2D eigenvalue weighted by Crippen LogP contribution is 2.02. The Morgan fingerprint density at radius 3 is 2.57 bits per heavy atom. The van der Waals surface area contributed by atoms with E-state index in [4.69, 9.17) is 0 Å². The summed E-state index contributed by atoms with van der Waals surface area (Å²) >= 11 is 1.61. The van der Waals surface area contributed by atoms with Crippen molar-refractivity contribution >= 4 is 32.8 Å². The van der Waals surface area contributed by atoms with Crippen LogP contribution in [0.1, 0.15) is 5.56 Å². The van der Waals surface area contributed by atoms with E-state index < -0.39 is 6.04 Å². The Hall–Kier alpha value is -0.910. The van der Waals surface area contributed by atoms with E-state index in [1.807, 2.05) is 30.3 Å². The second-order valence-corrected chi connectivity index (χ2v) is 3.83. The number of carbonyl (C=O) groups excluding carboxylic acids is 2. The van der Waals surface area contributed by atoms with Gasteiger partial charge < -0.3 is 10.1 Å². The zero-order chi connectivity index (χ0) is 10.4. The molecule has 3 nitrogen and oxygen atoms in total. The number of nitrogens with one attached hydrogen (secondary N) is 1. The quantitative estimate of drug-likeness (QED) is 0.400. The van der Waals surface area contributed by atoms with E-state index in [1.165, 1.54) is 0 Å². The molecule has 74 valence electrons. The van der Waals surface area contributed by atoms with E-state index in [1.54, 1.807) is 22.6 Å². The molecule has 1 unspecified atom stereocenters. The second kappa shape index (κ2) is 5.74. The van der Waals surface area contributed by atoms with E-state index in [0.29, 0.717) is 6.42 Å². The van der Waals surface area contributed by atoms with Gasteiger partial charge in [0, 0.05) is 22.6 Å². The van der Waals surface area contributed by atoms with Crippen LogP contribution < -0.4 is 5.32 Å². The van der Waals surface area contributed by atoms with E-state index in [-0.39, 0.29) is 3.91 Å². The summed E-state index contributed by atoms with van der Waals surface area (Å²) in [6.07, 6.45) is 1.29. The molecule has 1 rings (SSSR count). The third-order valence-corrected chi connectivity index (χ3v) is 2.07. The van der Waals surface area contributed by atoms with Crippen molar-refractivity contribution < 1.29 is 9.59 Å². The highest BCUT2D eigenvalue weighted by Gasteiger charge is 2.09. The van der Waals surface area contributed by atoms with Crippen LogP contribution >= 0.6 is 22.6 Å². The lowest BCUT2D eigenvalue weighted by molar-refractivity contribution is -0.109. The van der Waals surface area contributed by atoms with Crippen LogP contribution in [0, 0.1) is 0 Å². The molecule has 14 heavy (non-hydrogen) atoms. The summed E-state index contributed by atoms with van der Waals surface area (Å²) in [5, 5.41) is 2.56. The first kappa shape index (κ1) is 11.2. The van der Waals surface area contributed by atoms with Gasteiger partial charge in [-0.3, -0.25) is 4.79 Å². The van der Waals surface area contributed by atoms with Gasteiger partial charge in [-0.1, -0.05) is 30.3 Å². The minimum absolute atomic E-state index is 0.212. The predicted molar refractivity (Wildman–Crippen MR) is 62.5 cm³/mol. The fourth-order valence-electron chi connectivity index (χ4n) is 1.15. The molecule has 0 aliphatic carbocycles. The fourth-order valence-corrected chi connectivity index (χ4v) is 1.55. The molecule has 1 aromatic rings. The number of hydrogen-bond acceptors (Lipinski definition) is 2. The molecule has 0 aromatic heterocycles. The molecule has 0 aliphatic rings. The summed E-state index contributed by atoms with van der Waals surface area (Å²) in [6.45, 7) is 0. The average molecular weight is 303 g/mol. The molecule has 0 radical (unpaired) electrons. The van der Waals surface area contributed by atoms with Crippen LogP contribution in [0.15, 0.2) is 30.3 Å². The largest absolute Gasteiger partial charge is 0.338 e. The van der Waals surface area contributed by atoms with Crippen LogP contribution in [0.3, 0.4) is 0 Å². The van der Waals surface area contributed by atoms with Crippen LogP contribution in [0.4, 0.5) is 4.79 Å². The van der Waals surface area contributed by atoms with Crippen LogP contribution in [-0.2, 0) is 11.2 Å². The molecule has 1 amide bonds. The van der Waals surface area contributed by atoms with Crippen LogP contribution in [0.2, 0.25) is 0 Å². The van der Waals surface area contributed by atoms with Gasteiger partial charge in [0.1, 0.15) is 6.29 Å². The van der Waals surface area contributed by atoms with Gasteiger partial charge in [0.05, 0.1) is 6.04 Å². The van der Waals surface area contributed by atoms with Gasteiger partial charge >= 0.3 is 0 Å². The minimum Gasteiger partial charge on any atom is -0.338 e. The maximum Gasteiger partial charge on any atom is 0.281 e. The maximum atomic E-state index is 10.7. The number of carbonyl (C=O) groups is 2. The predicted octanol–water partition coefficient (Wildman–Crippen LogP) is 1.94. The Morgan fingerprint density at radius 1 is 1.43 bits per heavy atom. The van der Waals surface area contributed by atoms with Gasteiger partial charge in [-0.25, -0.2) is 0 Å². The number of benzene rings is 1. The van der Waals surface area contributed by atoms with Crippen molar-refractivity contribution in [3.05, 3.63) is 35.9 Å². The Labute approximate surface area is 96.0 Å². The summed E-state index contributed by atoms with van der Waals surface area (Å²) in [4.78, 5) is 21.3. The normalized spacial score (nSPS) is 11.8. The molecule has 0 spiro atoms. The summed E-state index contributed by atoms with van der Waals surface area (Å²) in [7, 11) is 0.